The van der Waals surface area contributed by atoms with Crippen LogP contribution in [0.3, 0.4) is 0 Å². The number of rotatable bonds is 6. The summed E-state index contributed by atoms with van der Waals surface area (Å²) in [6.45, 7) is 2.34. The molecule has 4 N–H and O–H groups in total. The molecule has 0 spiro atoms. The normalized spacial score (nSPS) is 11.1. The second-order valence-electron chi connectivity index (χ2n) is 3.88. The summed E-state index contributed by atoms with van der Waals surface area (Å²) in [4.78, 5) is 8.15. The molecule has 6 nitrogen and oxygen atoms in total. The first-order valence-corrected chi connectivity index (χ1v) is 5.74. The van der Waals surface area contributed by atoms with Gasteiger partial charge in [0, 0.05) is 18.9 Å². The van der Waals surface area contributed by atoms with E-state index in [1.807, 2.05) is 0 Å². The van der Waals surface area contributed by atoms with Crippen LogP contribution in [-0.4, -0.2) is 32.6 Å². The molecule has 0 aliphatic heterocycles. The average Bonchev–Trinajstić information content (AvgIpc) is 2.73. The lowest BCUT2D eigenvalue weighted by Crippen LogP contribution is -2.16. The Labute approximate surface area is 99.5 Å². The Morgan fingerprint density at radius 3 is 3.06 bits per heavy atom. The second-order valence-corrected chi connectivity index (χ2v) is 3.88. The van der Waals surface area contributed by atoms with E-state index in [9.17, 15) is 5.11 Å². The molecule has 2 aromatic rings. The van der Waals surface area contributed by atoms with Gasteiger partial charge < -0.3 is 16.2 Å². The third-order valence-electron chi connectivity index (χ3n) is 2.53. The van der Waals surface area contributed by atoms with Crippen LogP contribution in [0.2, 0.25) is 0 Å². The van der Waals surface area contributed by atoms with Gasteiger partial charge in [0.1, 0.15) is 5.65 Å². The first-order valence-electron chi connectivity index (χ1n) is 5.74. The molecule has 0 aliphatic carbocycles. The van der Waals surface area contributed by atoms with Crippen LogP contribution in [0.5, 0.6) is 6.01 Å². The molecule has 0 aliphatic rings. The maximum absolute atomic E-state index is 9.50. The van der Waals surface area contributed by atoms with Crippen molar-refractivity contribution < 1.29 is 5.11 Å². The van der Waals surface area contributed by atoms with Crippen LogP contribution >= 0.6 is 0 Å². The zero-order valence-corrected chi connectivity index (χ0v) is 9.63. The molecule has 0 atom stereocenters. The predicted octanol–water partition coefficient (Wildman–Crippen LogP) is 0.263. The number of aromatic nitrogens is 3. The van der Waals surface area contributed by atoms with E-state index < -0.39 is 0 Å². The van der Waals surface area contributed by atoms with Gasteiger partial charge in [-0.25, -0.2) is 9.97 Å². The summed E-state index contributed by atoms with van der Waals surface area (Å²) in [5.74, 6) is 0. The molecule has 0 bridgehead atoms. The topological polar surface area (TPSA) is 88.5 Å². The lowest BCUT2D eigenvalue weighted by atomic mass is 10.3. The number of nitrogens with zero attached hydrogens (tertiary/aromatic N) is 3. The predicted molar refractivity (Wildman–Crippen MR) is 64.6 cm³/mol. The molecule has 2 heterocycles. The third kappa shape index (κ3) is 2.92. The molecular weight excluding hydrogens is 218 g/mol. The van der Waals surface area contributed by atoms with Crippen LogP contribution in [0.4, 0.5) is 0 Å². The van der Waals surface area contributed by atoms with Crippen LogP contribution in [0.25, 0.3) is 5.65 Å². The van der Waals surface area contributed by atoms with Gasteiger partial charge in [-0.15, -0.1) is 0 Å². The van der Waals surface area contributed by atoms with E-state index in [0.717, 1.165) is 31.6 Å². The smallest absolute Gasteiger partial charge is 0.299 e. The van der Waals surface area contributed by atoms with E-state index in [0.29, 0.717) is 12.2 Å². The van der Waals surface area contributed by atoms with Crippen LogP contribution in [0, 0.1) is 0 Å². The van der Waals surface area contributed by atoms with Crippen molar-refractivity contribution in [3.05, 3.63) is 24.2 Å². The van der Waals surface area contributed by atoms with Crippen molar-refractivity contribution in [2.75, 3.05) is 13.1 Å². The third-order valence-corrected chi connectivity index (χ3v) is 2.53. The van der Waals surface area contributed by atoms with Crippen molar-refractivity contribution in [3.63, 3.8) is 0 Å². The summed E-state index contributed by atoms with van der Waals surface area (Å²) in [5.41, 5.74) is 7.01. The minimum Gasteiger partial charge on any atom is -0.480 e. The molecule has 0 saturated heterocycles. The van der Waals surface area contributed by atoms with Crippen molar-refractivity contribution in [2.24, 2.45) is 5.73 Å². The Kier molecular flexibility index (Phi) is 3.89. The highest BCUT2D eigenvalue weighted by Gasteiger charge is 2.04. The zero-order valence-electron chi connectivity index (χ0n) is 9.63. The van der Waals surface area contributed by atoms with E-state index in [-0.39, 0.29) is 6.01 Å². The number of nitrogens with one attached hydrogen (secondary N) is 1. The standard InChI is InChI=1S/C11H17N5O/c12-4-1-2-5-13-7-9-8-16-10(15-9)3-6-14-11(16)17/h3,6,8,13H,1-2,4-5,7,12H2,(H,14,17). The molecule has 0 saturated carbocycles. The minimum absolute atomic E-state index is 0.0376. The lowest BCUT2D eigenvalue weighted by Gasteiger charge is -2.00. The maximum Gasteiger partial charge on any atom is 0.299 e. The van der Waals surface area contributed by atoms with Crippen LogP contribution < -0.4 is 11.1 Å². The number of hydrogen-bond acceptors (Lipinski definition) is 5. The first kappa shape index (κ1) is 11.8. The highest BCUT2D eigenvalue weighted by molar-refractivity contribution is 5.40. The Balaban J connectivity index is 1.93. The van der Waals surface area contributed by atoms with Crippen molar-refractivity contribution >= 4 is 5.65 Å². The van der Waals surface area contributed by atoms with Gasteiger partial charge in [0.05, 0.1) is 5.69 Å². The molecule has 17 heavy (non-hydrogen) atoms. The van der Waals surface area contributed by atoms with Crippen molar-refractivity contribution in [3.8, 4) is 6.01 Å². The molecule has 92 valence electrons. The Morgan fingerprint density at radius 1 is 1.41 bits per heavy atom. The minimum atomic E-state index is -0.0376. The highest BCUT2D eigenvalue weighted by atomic mass is 16.3. The van der Waals surface area contributed by atoms with Gasteiger partial charge in [-0.1, -0.05) is 0 Å². The molecule has 0 aromatic carbocycles. The number of hydrogen-bond donors (Lipinski definition) is 3. The molecule has 0 fully saturated rings. The molecule has 2 aromatic heterocycles. The van der Waals surface area contributed by atoms with Gasteiger partial charge in [0.15, 0.2) is 0 Å². The van der Waals surface area contributed by atoms with Crippen LogP contribution in [-0.2, 0) is 6.54 Å². The lowest BCUT2D eigenvalue weighted by molar-refractivity contribution is 0.422. The highest BCUT2D eigenvalue weighted by Crippen LogP contribution is 2.10. The quantitative estimate of drug-likeness (QED) is 0.625. The summed E-state index contributed by atoms with van der Waals surface area (Å²) >= 11 is 0. The number of imidazole rings is 1. The number of unbranched alkanes of at least 4 members (excludes halogenated alkanes) is 1. The van der Waals surface area contributed by atoms with Crippen LogP contribution in [0.1, 0.15) is 18.5 Å². The van der Waals surface area contributed by atoms with Gasteiger partial charge in [-0.3, -0.25) is 4.40 Å². The maximum atomic E-state index is 9.50. The van der Waals surface area contributed by atoms with Gasteiger partial charge in [0.2, 0.25) is 0 Å². The second kappa shape index (κ2) is 5.60. The van der Waals surface area contributed by atoms with Crippen molar-refractivity contribution in [1.29, 1.82) is 0 Å². The van der Waals surface area contributed by atoms with E-state index in [4.69, 9.17) is 5.73 Å². The van der Waals surface area contributed by atoms with E-state index in [1.54, 1.807) is 16.7 Å². The summed E-state index contributed by atoms with van der Waals surface area (Å²) in [5, 5.41) is 12.8. The molecule has 6 heteroatoms. The zero-order chi connectivity index (χ0) is 12.1. The van der Waals surface area contributed by atoms with Gasteiger partial charge >= 0.3 is 0 Å². The average molecular weight is 235 g/mol. The fourth-order valence-electron chi connectivity index (χ4n) is 1.65. The summed E-state index contributed by atoms with van der Waals surface area (Å²) in [7, 11) is 0. The van der Waals surface area contributed by atoms with E-state index in [1.165, 1.54) is 6.20 Å². The van der Waals surface area contributed by atoms with Crippen LogP contribution in [0.15, 0.2) is 18.5 Å². The number of aromatic hydroxyl groups is 1. The first-order chi connectivity index (χ1) is 8.31. The van der Waals surface area contributed by atoms with Gasteiger partial charge in [-0.2, -0.15) is 0 Å². The van der Waals surface area contributed by atoms with E-state index in [2.05, 4.69) is 15.3 Å². The van der Waals surface area contributed by atoms with Crippen molar-refractivity contribution in [1.82, 2.24) is 19.7 Å². The SMILES string of the molecule is NCCCCNCc1cn2c(O)nccc2n1. The molecule has 0 radical (unpaired) electrons. The van der Waals surface area contributed by atoms with Gasteiger partial charge in [0.25, 0.3) is 6.01 Å². The van der Waals surface area contributed by atoms with Gasteiger partial charge in [-0.05, 0) is 32.0 Å². The van der Waals surface area contributed by atoms with E-state index >= 15 is 0 Å². The molecule has 2 rings (SSSR count). The largest absolute Gasteiger partial charge is 0.480 e. The number of nitrogens with two attached hydrogens (primary N) is 1. The van der Waals surface area contributed by atoms with Crippen molar-refractivity contribution in [2.45, 2.75) is 19.4 Å². The monoisotopic (exact) mass is 235 g/mol. The Hall–Kier alpha value is -1.66. The fraction of sp³-hybridized carbons (Fsp3) is 0.455. The summed E-state index contributed by atoms with van der Waals surface area (Å²) in [6.07, 6.45) is 5.42. The molecule has 0 unspecified atom stereocenters. The summed E-state index contributed by atoms with van der Waals surface area (Å²) < 4.78 is 1.57. The Bertz CT molecular complexity index is 482. The summed E-state index contributed by atoms with van der Waals surface area (Å²) in [6, 6.07) is 1.72. The molecular formula is C11H17N5O. The fourth-order valence-corrected chi connectivity index (χ4v) is 1.65. The Morgan fingerprint density at radius 2 is 2.29 bits per heavy atom. The molecule has 0 amide bonds. The number of fused-ring (bicyclic) bond motifs is 1.